The van der Waals surface area contributed by atoms with Crippen LogP contribution in [-0.2, 0) is 7.05 Å². The maximum atomic E-state index is 9.62. The summed E-state index contributed by atoms with van der Waals surface area (Å²) in [4.78, 5) is 16.1. The van der Waals surface area contributed by atoms with E-state index in [0.717, 1.165) is 59.5 Å². The van der Waals surface area contributed by atoms with Crippen LogP contribution >= 0.6 is 0 Å². The van der Waals surface area contributed by atoms with Crippen LogP contribution in [0.15, 0.2) is 49.1 Å². The van der Waals surface area contributed by atoms with Crippen LogP contribution in [0.25, 0.3) is 22.0 Å². The Morgan fingerprint density at radius 1 is 1.18 bits per heavy atom. The number of nitrogens with one attached hydrogen (secondary N) is 1. The number of nitrogens with zero attached hydrogens (tertiary/aromatic N) is 6. The monoisotopic (exact) mass is 445 g/mol. The molecule has 0 aliphatic carbocycles. The van der Waals surface area contributed by atoms with E-state index < -0.39 is 0 Å². The molecule has 0 amide bonds. The standard InChI is InChI=1S/C24H27N7O2/c1-30-14-19(12-27-30)17-5-6-20(21(10-17)33-2)28-24-26-11-18-7-8-25-23(22(18)29-24)31-9-3-4-16(13-31)15-32/h5-8,10-12,14,16,32H,3-4,9,13,15H2,1-2H3,(H,26,28,29). The van der Waals surface area contributed by atoms with Gasteiger partial charge in [-0.2, -0.15) is 5.10 Å². The van der Waals surface area contributed by atoms with Crippen LogP contribution in [0.1, 0.15) is 12.8 Å². The first-order chi connectivity index (χ1) is 16.1. The minimum absolute atomic E-state index is 0.192. The van der Waals surface area contributed by atoms with E-state index in [9.17, 15) is 5.11 Å². The van der Waals surface area contributed by atoms with Crippen LogP contribution in [0.5, 0.6) is 5.75 Å². The molecule has 9 heteroatoms. The van der Waals surface area contributed by atoms with Crippen molar-refractivity contribution in [1.29, 1.82) is 0 Å². The highest BCUT2D eigenvalue weighted by atomic mass is 16.5. The van der Waals surface area contributed by atoms with Gasteiger partial charge in [-0.05, 0) is 42.5 Å². The molecule has 3 aromatic heterocycles. The summed E-state index contributed by atoms with van der Waals surface area (Å²) >= 11 is 0. The normalized spacial score (nSPS) is 16.2. The van der Waals surface area contributed by atoms with Crippen LogP contribution in [0.2, 0.25) is 0 Å². The zero-order chi connectivity index (χ0) is 22.8. The Labute approximate surface area is 192 Å². The summed E-state index contributed by atoms with van der Waals surface area (Å²) in [5, 5.41) is 18.1. The van der Waals surface area contributed by atoms with Gasteiger partial charge in [0, 0.05) is 56.3 Å². The number of benzene rings is 1. The van der Waals surface area contributed by atoms with Crippen molar-refractivity contribution in [3.8, 4) is 16.9 Å². The highest BCUT2D eigenvalue weighted by Crippen LogP contribution is 2.33. The van der Waals surface area contributed by atoms with Gasteiger partial charge in [-0.3, -0.25) is 4.68 Å². The number of aliphatic hydroxyl groups is 1. The fourth-order valence-electron chi connectivity index (χ4n) is 4.30. The molecule has 4 aromatic rings. The predicted octanol–water partition coefficient (Wildman–Crippen LogP) is 3.39. The van der Waals surface area contributed by atoms with E-state index in [-0.39, 0.29) is 12.5 Å². The van der Waals surface area contributed by atoms with Crippen LogP contribution in [0.4, 0.5) is 17.5 Å². The lowest BCUT2D eigenvalue weighted by Crippen LogP contribution is -2.37. The fraction of sp³-hybridized carbons (Fsp3) is 0.333. The molecular formula is C24H27N7O2. The lowest BCUT2D eigenvalue weighted by molar-refractivity contribution is 0.208. The maximum Gasteiger partial charge on any atom is 0.227 e. The van der Waals surface area contributed by atoms with Crippen molar-refractivity contribution in [3.05, 3.63) is 49.1 Å². The van der Waals surface area contributed by atoms with E-state index in [1.54, 1.807) is 24.2 Å². The van der Waals surface area contributed by atoms with Gasteiger partial charge in [0.1, 0.15) is 11.3 Å². The number of hydrogen-bond acceptors (Lipinski definition) is 8. The molecular weight excluding hydrogens is 418 g/mol. The SMILES string of the molecule is COc1cc(-c2cnn(C)c2)ccc1Nc1ncc2ccnc(N3CCCC(CO)C3)c2n1. The molecule has 1 aliphatic rings. The topological polar surface area (TPSA) is 101 Å². The van der Waals surface area contributed by atoms with E-state index in [2.05, 4.69) is 25.3 Å². The highest BCUT2D eigenvalue weighted by molar-refractivity contribution is 5.89. The van der Waals surface area contributed by atoms with Gasteiger partial charge >= 0.3 is 0 Å². The Balaban J connectivity index is 1.46. The Bertz CT molecular complexity index is 1270. The van der Waals surface area contributed by atoms with E-state index in [0.29, 0.717) is 11.7 Å². The number of methoxy groups -OCH3 is 1. The van der Waals surface area contributed by atoms with E-state index in [4.69, 9.17) is 9.72 Å². The average molecular weight is 446 g/mol. The quantitative estimate of drug-likeness (QED) is 0.466. The summed E-state index contributed by atoms with van der Waals surface area (Å²) in [5.41, 5.74) is 3.59. The highest BCUT2D eigenvalue weighted by Gasteiger charge is 2.22. The smallest absolute Gasteiger partial charge is 0.227 e. The molecule has 0 bridgehead atoms. The van der Waals surface area contributed by atoms with Crippen molar-refractivity contribution in [1.82, 2.24) is 24.7 Å². The van der Waals surface area contributed by atoms with Gasteiger partial charge in [0.15, 0.2) is 5.82 Å². The summed E-state index contributed by atoms with van der Waals surface area (Å²) in [5.74, 6) is 2.25. The molecule has 33 heavy (non-hydrogen) atoms. The van der Waals surface area contributed by atoms with Crippen LogP contribution in [0.3, 0.4) is 0 Å². The minimum Gasteiger partial charge on any atom is -0.495 e. The first kappa shape index (κ1) is 21.1. The van der Waals surface area contributed by atoms with E-state index >= 15 is 0 Å². The number of aliphatic hydroxyl groups excluding tert-OH is 1. The lowest BCUT2D eigenvalue weighted by atomic mass is 9.99. The molecule has 170 valence electrons. The number of piperidine rings is 1. The molecule has 5 rings (SSSR count). The van der Waals surface area contributed by atoms with Crippen LogP contribution < -0.4 is 15.0 Å². The molecule has 1 aromatic carbocycles. The summed E-state index contributed by atoms with van der Waals surface area (Å²) in [6.45, 7) is 1.87. The fourth-order valence-corrected chi connectivity index (χ4v) is 4.30. The maximum absolute atomic E-state index is 9.62. The molecule has 2 N–H and O–H groups in total. The summed E-state index contributed by atoms with van der Waals surface area (Å²) in [6, 6.07) is 7.85. The summed E-state index contributed by atoms with van der Waals surface area (Å²) in [7, 11) is 3.54. The van der Waals surface area contributed by atoms with E-state index in [1.807, 2.05) is 43.7 Å². The molecule has 1 atom stereocenters. The number of anilines is 3. The molecule has 1 unspecified atom stereocenters. The van der Waals surface area contributed by atoms with Crippen molar-refractivity contribution in [2.24, 2.45) is 13.0 Å². The molecule has 0 radical (unpaired) electrons. The second kappa shape index (κ2) is 9.03. The molecule has 4 heterocycles. The molecule has 0 spiro atoms. The summed E-state index contributed by atoms with van der Waals surface area (Å²) in [6.07, 6.45) is 9.45. The van der Waals surface area contributed by atoms with Crippen molar-refractivity contribution < 1.29 is 9.84 Å². The number of aryl methyl sites for hydroxylation is 1. The first-order valence-electron chi connectivity index (χ1n) is 11.1. The van der Waals surface area contributed by atoms with Crippen molar-refractivity contribution >= 4 is 28.4 Å². The first-order valence-corrected chi connectivity index (χ1v) is 11.1. The van der Waals surface area contributed by atoms with Gasteiger partial charge in [-0.15, -0.1) is 0 Å². The van der Waals surface area contributed by atoms with Gasteiger partial charge in [0.2, 0.25) is 5.95 Å². The molecule has 1 fully saturated rings. The largest absolute Gasteiger partial charge is 0.495 e. The van der Waals surface area contributed by atoms with E-state index in [1.165, 1.54) is 0 Å². The van der Waals surface area contributed by atoms with Crippen molar-refractivity contribution in [3.63, 3.8) is 0 Å². The average Bonchev–Trinajstić information content (AvgIpc) is 3.30. The van der Waals surface area contributed by atoms with Crippen LogP contribution in [0, 0.1) is 5.92 Å². The summed E-state index contributed by atoms with van der Waals surface area (Å²) < 4.78 is 7.40. The Kier molecular flexibility index (Phi) is 5.78. The number of ether oxygens (including phenoxy) is 1. The second-order valence-electron chi connectivity index (χ2n) is 8.35. The number of fused-ring (bicyclic) bond motifs is 1. The second-order valence-corrected chi connectivity index (χ2v) is 8.35. The molecule has 1 aliphatic heterocycles. The predicted molar refractivity (Wildman–Crippen MR) is 128 cm³/mol. The molecule has 9 nitrogen and oxygen atoms in total. The third kappa shape index (κ3) is 4.31. The lowest BCUT2D eigenvalue weighted by Gasteiger charge is -2.33. The Morgan fingerprint density at radius 2 is 2.09 bits per heavy atom. The third-order valence-electron chi connectivity index (χ3n) is 6.04. The van der Waals surface area contributed by atoms with Gasteiger partial charge < -0.3 is 20.1 Å². The van der Waals surface area contributed by atoms with Gasteiger partial charge in [0.25, 0.3) is 0 Å². The number of pyridine rings is 1. The Hall–Kier alpha value is -3.72. The molecule has 1 saturated heterocycles. The zero-order valence-corrected chi connectivity index (χ0v) is 18.8. The minimum atomic E-state index is 0.192. The van der Waals surface area contributed by atoms with Gasteiger partial charge in [-0.25, -0.2) is 15.0 Å². The van der Waals surface area contributed by atoms with Gasteiger partial charge in [0.05, 0.1) is 19.0 Å². The zero-order valence-electron chi connectivity index (χ0n) is 18.8. The number of aromatic nitrogens is 5. The molecule has 0 saturated carbocycles. The van der Waals surface area contributed by atoms with Crippen molar-refractivity contribution in [2.75, 3.05) is 37.0 Å². The third-order valence-corrected chi connectivity index (χ3v) is 6.04. The Morgan fingerprint density at radius 3 is 2.88 bits per heavy atom. The van der Waals surface area contributed by atoms with Crippen molar-refractivity contribution in [2.45, 2.75) is 12.8 Å². The number of rotatable bonds is 6. The van der Waals surface area contributed by atoms with Crippen LogP contribution in [-0.4, -0.2) is 56.6 Å². The number of hydrogen-bond donors (Lipinski definition) is 2. The van der Waals surface area contributed by atoms with Gasteiger partial charge in [-0.1, -0.05) is 6.07 Å².